The maximum atomic E-state index is 15.4. The van der Waals surface area contributed by atoms with E-state index in [0.717, 1.165) is 77.7 Å². The van der Waals surface area contributed by atoms with Crippen LogP contribution in [0.2, 0.25) is 0 Å². The average Bonchev–Trinajstić information content (AvgIpc) is 3.65. The van der Waals surface area contributed by atoms with Crippen LogP contribution in [0.4, 0.5) is 5.69 Å². The zero-order valence-corrected chi connectivity index (χ0v) is 24.6. The Kier molecular flexibility index (Phi) is 5.16. The SMILES string of the molecule is Cc1ccc(-c2cc3ccccc3c3oc4c(c23)C2(C(=O)N(Cc3ccccc3)c3ccccc32)c2cc(C)ccc2-4)cc1. The summed E-state index contributed by atoms with van der Waals surface area (Å²) in [5.74, 6) is 0.864. The maximum absolute atomic E-state index is 15.4. The quantitative estimate of drug-likeness (QED) is 0.213. The Morgan fingerprint density at radius 2 is 1.41 bits per heavy atom. The molecular weight excluding hydrogens is 538 g/mol. The first kappa shape index (κ1) is 25.1. The van der Waals surface area contributed by atoms with Crippen LogP contribution < -0.4 is 4.90 Å². The van der Waals surface area contributed by atoms with Gasteiger partial charge in [-0.2, -0.15) is 0 Å². The number of carbonyl (C=O) groups is 1. The lowest BCUT2D eigenvalue weighted by atomic mass is 9.71. The zero-order chi connectivity index (χ0) is 29.6. The first-order valence-corrected chi connectivity index (χ1v) is 15.2. The van der Waals surface area contributed by atoms with E-state index < -0.39 is 5.41 Å². The summed E-state index contributed by atoms with van der Waals surface area (Å²) in [6.45, 7) is 4.71. The molecule has 0 bridgehead atoms. The van der Waals surface area contributed by atoms with Crippen LogP contribution in [0.1, 0.15) is 33.4 Å². The van der Waals surface area contributed by atoms with E-state index in [1.165, 1.54) is 5.56 Å². The van der Waals surface area contributed by atoms with Gasteiger partial charge < -0.3 is 9.32 Å². The highest BCUT2D eigenvalue weighted by atomic mass is 16.3. The van der Waals surface area contributed by atoms with Gasteiger partial charge in [-0.1, -0.05) is 126 Å². The van der Waals surface area contributed by atoms with Crippen molar-refractivity contribution in [1.82, 2.24) is 0 Å². The fraction of sp³-hybridized carbons (Fsp3) is 0.0976. The van der Waals surface area contributed by atoms with Gasteiger partial charge in [0.05, 0.1) is 6.54 Å². The third-order valence-electron chi connectivity index (χ3n) is 9.59. The number of furan rings is 1. The number of carbonyl (C=O) groups excluding carboxylic acids is 1. The molecule has 1 aromatic heterocycles. The first-order chi connectivity index (χ1) is 21.6. The van der Waals surface area contributed by atoms with Crippen LogP contribution in [-0.2, 0) is 16.8 Å². The Balaban J connectivity index is 1.44. The summed E-state index contributed by atoms with van der Waals surface area (Å²) >= 11 is 0. The predicted molar refractivity (Wildman–Crippen MR) is 178 cm³/mol. The molecule has 3 heteroatoms. The molecular formula is C41H29NO2. The summed E-state index contributed by atoms with van der Waals surface area (Å²) < 4.78 is 7.01. The summed E-state index contributed by atoms with van der Waals surface area (Å²) in [4.78, 5) is 17.4. The fourth-order valence-electron chi connectivity index (χ4n) is 7.62. The largest absolute Gasteiger partial charge is 0.455 e. The number of amides is 1. The van der Waals surface area contributed by atoms with Gasteiger partial charge in [0, 0.05) is 33.2 Å². The van der Waals surface area contributed by atoms with Gasteiger partial charge in [-0.05, 0) is 53.6 Å². The molecule has 1 aliphatic carbocycles. The van der Waals surface area contributed by atoms with Gasteiger partial charge in [-0.15, -0.1) is 0 Å². The summed E-state index contributed by atoms with van der Waals surface area (Å²) in [6, 6.07) is 44.4. The van der Waals surface area contributed by atoms with Crippen LogP contribution >= 0.6 is 0 Å². The molecule has 0 fully saturated rings. The number of fused-ring (bicyclic) bond motifs is 11. The Labute approximate surface area is 256 Å². The van der Waals surface area contributed by atoms with E-state index in [-0.39, 0.29) is 5.91 Å². The lowest BCUT2D eigenvalue weighted by molar-refractivity contribution is -0.120. The van der Waals surface area contributed by atoms with Crippen molar-refractivity contribution in [2.75, 3.05) is 4.90 Å². The molecule has 1 atom stereocenters. The third-order valence-corrected chi connectivity index (χ3v) is 9.59. The van der Waals surface area contributed by atoms with Crippen molar-refractivity contribution in [2.45, 2.75) is 25.8 Å². The highest BCUT2D eigenvalue weighted by molar-refractivity contribution is 6.23. The number of hydrogen-bond acceptors (Lipinski definition) is 2. The molecule has 2 aliphatic rings. The van der Waals surface area contributed by atoms with E-state index in [4.69, 9.17) is 4.42 Å². The van der Waals surface area contributed by atoms with Gasteiger partial charge in [0.15, 0.2) is 0 Å². The van der Waals surface area contributed by atoms with E-state index in [1.54, 1.807) is 0 Å². The highest BCUT2D eigenvalue weighted by Gasteiger charge is 2.60. The topological polar surface area (TPSA) is 33.5 Å². The smallest absolute Gasteiger partial charge is 0.247 e. The third kappa shape index (κ3) is 3.24. The molecule has 1 amide bonds. The number of anilines is 1. The summed E-state index contributed by atoms with van der Waals surface area (Å²) in [7, 11) is 0. The molecule has 0 N–H and O–H groups in total. The Hall–Kier alpha value is -5.41. The summed E-state index contributed by atoms with van der Waals surface area (Å²) in [6.07, 6.45) is 0. The number of rotatable bonds is 3. The molecule has 0 radical (unpaired) electrons. The van der Waals surface area contributed by atoms with Gasteiger partial charge >= 0.3 is 0 Å². The molecule has 3 nitrogen and oxygen atoms in total. The van der Waals surface area contributed by atoms with Gasteiger partial charge in [-0.3, -0.25) is 4.79 Å². The molecule has 1 spiro atoms. The Bertz CT molecular complexity index is 2290. The minimum Gasteiger partial charge on any atom is -0.455 e. The lowest BCUT2D eigenvalue weighted by Gasteiger charge is -2.27. The van der Waals surface area contributed by atoms with Crippen molar-refractivity contribution >= 4 is 33.3 Å². The van der Waals surface area contributed by atoms with Gasteiger partial charge in [0.25, 0.3) is 0 Å². The number of para-hydroxylation sites is 1. The van der Waals surface area contributed by atoms with Crippen LogP contribution in [0.3, 0.4) is 0 Å². The molecule has 44 heavy (non-hydrogen) atoms. The van der Waals surface area contributed by atoms with Gasteiger partial charge in [0.1, 0.15) is 16.8 Å². The molecule has 6 aromatic carbocycles. The zero-order valence-electron chi connectivity index (χ0n) is 24.6. The van der Waals surface area contributed by atoms with E-state index in [1.807, 2.05) is 29.2 Å². The Morgan fingerprint density at radius 1 is 0.682 bits per heavy atom. The maximum Gasteiger partial charge on any atom is 0.247 e. The van der Waals surface area contributed by atoms with Crippen LogP contribution in [-0.4, -0.2) is 5.91 Å². The standard InChI is InChI=1S/C41H29NO2/c1-25-16-19-28(20-17-25)32-23-29-12-6-7-13-30(29)38-36(32)37-39(44-38)31-21-18-26(2)22-34(31)41(37)33-14-8-9-15-35(33)42(40(41)43)24-27-10-4-3-5-11-27/h3-23H,24H2,1-2H3. The molecule has 210 valence electrons. The second kappa shape index (κ2) is 9.05. The molecule has 7 aromatic rings. The van der Waals surface area contributed by atoms with Crippen molar-refractivity contribution in [1.29, 1.82) is 0 Å². The van der Waals surface area contributed by atoms with Crippen molar-refractivity contribution in [2.24, 2.45) is 0 Å². The van der Waals surface area contributed by atoms with E-state index >= 15 is 4.79 Å². The monoisotopic (exact) mass is 567 g/mol. The number of nitrogens with zero attached hydrogens (tertiary/aromatic N) is 1. The van der Waals surface area contributed by atoms with Gasteiger partial charge in [0.2, 0.25) is 5.91 Å². The van der Waals surface area contributed by atoms with Crippen LogP contribution in [0, 0.1) is 13.8 Å². The first-order valence-electron chi connectivity index (χ1n) is 15.2. The van der Waals surface area contributed by atoms with Crippen molar-refractivity contribution in [3.8, 4) is 22.5 Å². The van der Waals surface area contributed by atoms with E-state index in [2.05, 4.69) is 117 Å². The lowest BCUT2D eigenvalue weighted by Crippen LogP contribution is -2.40. The van der Waals surface area contributed by atoms with Gasteiger partial charge in [-0.25, -0.2) is 0 Å². The van der Waals surface area contributed by atoms with Crippen LogP contribution in [0.15, 0.2) is 132 Å². The molecule has 1 unspecified atom stereocenters. The molecule has 1 aliphatic heterocycles. The van der Waals surface area contributed by atoms with Crippen molar-refractivity contribution in [3.05, 3.63) is 161 Å². The van der Waals surface area contributed by atoms with E-state index in [9.17, 15) is 0 Å². The van der Waals surface area contributed by atoms with E-state index in [0.29, 0.717) is 6.54 Å². The second-order valence-corrected chi connectivity index (χ2v) is 12.2. The highest BCUT2D eigenvalue weighted by Crippen LogP contribution is 2.63. The Morgan fingerprint density at radius 3 is 2.25 bits per heavy atom. The van der Waals surface area contributed by atoms with Crippen molar-refractivity contribution in [3.63, 3.8) is 0 Å². The van der Waals surface area contributed by atoms with Crippen LogP contribution in [0.25, 0.3) is 44.2 Å². The minimum atomic E-state index is -1.03. The normalized spacial score (nSPS) is 16.6. The summed E-state index contributed by atoms with van der Waals surface area (Å²) in [5, 5.41) is 3.18. The predicted octanol–water partition coefficient (Wildman–Crippen LogP) is 9.73. The molecule has 0 saturated heterocycles. The molecule has 2 heterocycles. The molecule has 9 rings (SSSR count). The average molecular weight is 568 g/mol. The number of aryl methyl sites for hydroxylation is 2. The number of benzene rings is 6. The fourth-order valence-corrected chi connectivity index (χ4v) is 7.62. The van der Waals surface area contributed by atoms with Crippen molar-refractivity contribution < 1.29 is 9.21 Å². The van der Waals surface area contributed by atoms with Crippen LogP contribution in [0.5, 0.6) is 0 Å². The summed E-state index contributed by atoms with van der Waals surface area (Å²) in [5.41, 5.74) is 10.3. The molecule has 0 saturated carbocycles. The number of hydrogen-bond donors (Lipinski definition) is 0. The minimum absolute atomic E-state index is 0.0684. The second-order valence-electron chi connectivity index (χ2n) is 12.2.